The van der Waals surface area contributed by atoms with Gasteiger partial charge in [-0.3, -0.25) is 19.3 Å². The van der Waals surface area contributed by atoms with Gasteiger partial charge in [0.2, 0.25) is 0 Å². The summed E-state index contributed by atoms with van der Waals surface area (Å²) in [7, 11) is 0. The number of carbonyl (C=O) groups excluding carboxylic acids is 1. The Morgan fingerprint density at radius 2 is 1.97 bits per heavy atom. The van der Waals surface area contributed by atoms with Crippen LogP contribution in [0.5, 0.6) is 0 Å². The molecular formula is C23H25N5O4S. The fourth-order valence-electron chi connectivity index (χ4n) is 3.74. The van der Waals surface area contributed by atoms with E-state index in [1.807, 2.05) is 31.4 Å². The van der Waals surface area contributed by atoms with Crippen LogP contribution in [0.3, 0.4) is 0 Å². The lowest BCUT2D eigenvalue weighted by Crippen LogP contribution is -2.31. The number of pyridine rings is 1. The topological polar surface area (TPSA) is 112 Å². The van der Waals surface area contributed by atoms with Gasteiger partial charge in [-0.05, 0) is 43.8 Å². The number of hydrogen-bond acceptors (Lipinski definition) is 7. The molecule has 0 spiro atoms. The van der Waals surface area contributed by atoms with E-state index in [2.05, 4.69) is 15.0 Å². The number of esters is 1. The molecule has 0 amide bonds. The fraction of sp³-hybridized carbons (Fsp3) is 0.348. The Bertz CT molecular complexity index is 1420. The van der Waals surface area contributed by atoms with Crippen molar-refractivity contribution in [1.82, 2.24) is 24.1 Å². The minimum atomic E-state index is -0.523. The molecule has 4 rings (SSSR count). The normalized spacial score (nSPS) is 11.2. The van der Waals surface area contributed by atoms with Gasteiger partial charge in [0.05, 0.1) is 21.8 Å². The van der Waals surface area contributed by atoms with E-state index in [1.165, 1.54) is 4.57 Å². The average molecular weight is 468 g/mol. The lowest BCUT2D eigenvalue weighted by molar-refractivity contribution is 0.0457. The van der Waals surface area contributed by atoms with Gasteiger partial charge in [0.15, 0.2) is 11.2 Å². The molecule has 0 aromatic carbocycles. The van der Waals surface area contributed by atoms with Gasteiger partial charge in [0.1, 0.15) is 12.4 Å². The number of hydrogen-bond donors (Lipinski definition) is 1. The first kappa shape index (κ1) is 22.7. The summed E-state index contributed by atoms with van der Waals surface area (Å²) in [6.07, 6.45) is 1.67. The Morgan fingerprint density at radius 3 is 2.64 bits per heavy atom. The predicted octanol–water partition coefficient (Wildman–Crippen LogP) is 3.50. The molecule has 4 heterocycles. The van der Waals surface area contributed by atoms with Gasteiger partial charge < -0.3 is 9.30 Å². The quantitative estimate of drug-likeness (QED) is 0.397. The second-order valence-electron chi connectivity index (χ2n) is 7.59. The smallest absolute Gasteiger partial charge is 0.340 e. The molecule has 4 aromatic heterocycles. The van der Waals surface area contributed by atoms with Crippen LogP contribution in [-0.2, 0) is 24.4 Å². The molecule has 0 aliphatic heterocycles. The first-order chi connectivity index (χ1) is 15.9. The number of fused-ring (bicyclic) bond motifs is 1. The van der Waals surface area contributed by atoms with Gasteiger partial charge >= 0.3 is 11.7 Å². The lowest BCUT2D eigenvalue weighted by Gasteiger charge is -2.09. The van der Waals surface area contributed by atoms with Crippen LogP contribution in [0.25, 0.3) is 21.7 Å². The molecule has 4 aromatic rings. The lowest BCUT2D eigenvalue weighted by atomic mass is 10.2. The van der Waals surface area contributed by atoms with Crippen molar-refractivity contribution in [1.29, 1.82) is 0 Å². The highest BCUT2D eigenvalue weighted by Gasteiger charge is 2.20. The van der Waals surface area contributed by atoms with Crippen LogP contribution in [-0.4, -0.2) is 30.1 Å². The summed E-state index contributed by atoms with van der Waals surface area (Å²) in [5.41, 5.74) is 1.36. The number of carbonyl (C=O) groups is 1. The summed E-state index contributed by atoms with van der Waals surface area (Å²) >= 11 is 1.58. The van der Waals surface area contributed by atoms with Crippen molar-refractivity contribution in [3.63, 3.8) is 0 Å². The molecule has 0 aliphatic rings. The molecule has 0 saturated heterocycles. The molecule has 0 unspecified atom stereocenters. The molecule has 0 bridgehead atoms. The van der Waals surface area contributed by atoms with Crippen molar-refractivity contribution in [2.45, 2.75) is 53.3 Å². The van der Waals surface area contributed by atoms with E-state index in [1.54, 1.807) is 35.0 Å². The van der Waals surface area contributed by atoms with Crippen LogP contribution in [0.15, 0.2) is 39.2 Å². The second kappa shape index (κ2) is 9.53. The van der Waals surface area contributed by atoms with Crippen molar-refractivity contribution in [3.05, 3.63) is 67.6 Å². The predicted molar refractivity (Wildman–Crippen MR) is 127 cm³/mol. The summed E-state index contributed by atoms with van der Waals surface area (Å²) in [6, 6.07) is 7.42. The van der Waals surface area contributed by atoms with Crippen molar-refractivity contribution in [3.8, 4) is 10.6 Å². The summed E-state index contributed by atoms with van der Waals surface area (Å²) in [4.78, 5) is 50.0. The van der Waals surface area contributed by atoms with E-state index < -0.39 is 17.2 Å². The minimum Gasteiger partial charge on any atom is -0.454 e. The van der Waals surface area contributed by atoms with Crippen LogP contribution >= 0.6 is 11.3 Å². The van der Waals surface area contributed by atoms with Gasteiger partial charge in [-0.1, -0.05) is 19.4 Å². The van der Waals surface area contributed by atoms with Gasteiger partial charge in [-0.25, -0.2) is 14.6 Å². The van der Waals surface area contributed by atoms with Crippen molar-refractivity contribution >= 4 is 28.5 Å². The van der Waals surface area contributed by atoms with E-state index in [4.69, 9.17) is 4.74 Å². The third kappa shape index (κ3) is 4.38. The number of imidazole rings is 1. The van der Waals surface area contributed by atoms with Gasteiger partial charge in [0.25, 0.3) is 5.56 Å². The Morgan fingerprint density at radius 1 is 1.15 bits per heavy atom. The largest absolute Gasteiger partial charge is 0.454 e. The van der Waals surface area contributed by atoms with Crippen molar-refractivity contribution < 1.29 is 9.53 Å². The zero-order valence-electron chi connectivity index (χ0n) is 18.8. The second-order valence-corrected chi connectivity index (χ2v) is 8.54. The highest BCUT2D eigenvalue weighted by Crippen LogP contribution is 2.24. The maximum atomic E-state index is 12.8. The zero-order chi connectivity index (χ0) is 23.5. The summed E-state index contributed by atoms with van der Waals surface area (Å²) in [6.45, 7) is 6.41. The fourth-order valence-corrected chi connectivity index (χ4v) is 4.43. The van der Waals surface area contributed by atoms with Gasteiger partial charge in [0, 0.05) is 13.1 Å². The molecule has 0 radical (unpaired) electrons. The maximum Gasteiger partial charge on any atom is 0.340 e. The molecule has 0 atom stereocenters. The third-order valence-corrected chi connectivity index (χ3v) is 6.32. The van der Waals surface area contributed by atoms with E-state index in [0.717, 1.165) is 23.4 Å². The zero-order valence-corrected chi connectivity index (χ0v) is 19.6. The Balaban J connectivity index is 1.62. The number of nitrogens with zero attached hydrogens (tertiary/aromatic N) is 4. The molecule has 0 saturated carbocycles. The first-order valence-electron chi connectivity index (χ1n) is 10.9. The Hall–Kier alpha value is -3.53. The van der Waals surface area contributed by atoms with Crippen LogP contribution in [0.2, 0.25) is 0 Å². The number of unbranched alkanes of at least 4 members (excludes halogenated alkanes) is 1. The highest BCUT2D eigenvalue weighted by atomic mass is 32.1. The third-order valence-electron chi connectivity index (χ3n) is 5.43. The SMILES string of the molecule is CCCCn1c(=O)[nH]c(=O)c2c1nc(COC(=O)c1ccc(-c3cccs3)nc1C)n2CC. The number of aryl methyl sites for hydroxylation is 3. The monoisotopic (exact) mass is 467 g/mol. The van der Waals surface area contributed by atoms with Crippen LogP contribution < -0.4 is 11.2 Å². The molecule has 0 aliphatic carbocycles. The minimum absolute atomic E-state index is 0.130. The number of ether oxygens (including phenoxy) is 1. The molecule has 33 heavy (non-hydrogen) atoms. The number of thiophene rings is 1. The van der Waals surface area contributed by atoms with Crippen LogP contribution in [0.1, 0.15) is 48.6 Å². The van der Waals surface area contributed by atoms with Crippen molar-refractivity contribution in [2.24, 2.45) is 0 Å². The number of H-pyrrole nitrogens is 1. The molecule has 9 nitrogen and oxygen atoms in total. The Labute approximate surface area is 193 Å². The van der Waals surface area contributed by atoms with E-state index in [-0.39, 0.29) is 6.61 Å². The van der Waals surface area contributed by atoms with Crippen LogP contribution in [0, 0.1) is 6.92 Å². The van der Waals surface area contributed by atoms with Gasteiger partial charge in [-0.2, -0.15) is 0 Å². The summed E-state index contributed by atoms with van der Waals surface area (Å²) in [5.74, 6) is -0.118. The summed E-state index contributed by atoms with van der Waals surface area (Å²) in [5, 5.41) is 1.97. The van der Waals surface area contributed by atoms with E-state index in [0.29, 0.717) is 41.3 Å². The maximum absolute atomic E-state index is 12.8. The molecule has 10 heteroatoms. The molecule has 172 valence electrons. The molecule has 1 N–H and O–H groups in total. The van der Waals surface area contributed by atoms with Crippen LogP contribution in [0.4, 0.5) is 0 Å². The number of nitrogens with one attached hydrogen (secondary N) is 1. The number of aromatic amines is 1. The Kier molecular flexibility index (Phi) is 6.55. The molecular weight excluding hydrogens is 442 g/mol. The van der Waals surface area contributed by atoms with Crippen molar-refractivity contribution in [2.75, 3.05) is 0 Å². The summed E-state index contributed by atoms with van der Waals surface area (Å²) < 4.78 is 8.67. The number of aromatic nitrogens is 5. The average Bonchev–Trinajstić information content (AvgIpc) is 3.45. The van der Waals surface area contributed by atoms with E-state index in [9.17, 15) is 14.4 Å². The highest BCUT2D eigenvalue weighted by molar-refractivity contribution is 7.13. The first-order valence-corrected chi connectivity index (χ1v) is 11.7. The van der Waals surface area contributed by atoms with E-state index >= 15 is 0 Å². The molecule has 0 fully saturated rings. The van der Waals surface area contributed by atoms with Gasteiger partial charge in [-0.15, -0.1) is 11.3 Å². The number of rotatable bonds is 8. The standard InChI is InChI=1S/C23H25N5O4S/c1-4-6-11-28-20-19(21(29)26-23(28)31)27(5-2)18(25-20)13-32-22(30)15-9-10-16(24-14(15)3)17-8-7-12-33-17/h7-10,12H,4-6,11,13H2,1-3H3,(H,26,29,31).